The summed E-state index contributed by atoms with van der Waals surface area (Å²) in [5.74, 6) is -0.751. The molecule has 0 aliphatic rings. The summed E-state index contributed by atoms with van der Waals surface area (Å²) in [4.78, 5) is 11.1. The number of carbonyl (C=O) groups excluding carboxylic acids is 1. The minimum atomic E-state index is -4.69. The molecule has 1 amide bonds. The highest BCUT2D eigenvalue weighted by Gasteiger charge is 2.35. The SMILES string of the molecule is NC(=O)c1ccc(Oc2cccc(I)c2)cc1C(F)(F)F. The van der Waals surface area contributed by atoms with Gasteiger partial charge in [-0.1, -0.05) is 6.07 Å². The Morgan fingerprint density at radius 3 is 2.33 bits per heavy atom. The van der Waals surface area contributed by atoms with Crippen LogP contribution in [0.4, 0.5) is 13.2 Å². The smallest absolute Gasteiger partial charge is 0.417 e. The molecular formula is C14H9F3INO2. The molecule has 2 rings (SSSR count). The van der Waals surface area contributed by atoms with Gasteiger partial charge in [-0.2, -0.15) is 13.2 Å². The van der Waals surface area contributed by atoms with Crippen LogP contribution in [-0.2, 0) is 6.18 Å². The van der Waals surface area contributed by atoms with E-state index in [-0.39, 0.29) is 5.75 Å². The lowest BCUT2D eigenvalue weighted by molar-refractivity contribution is -0.138. The first-order valence-corrected chi connectivity index (χ1v) is 6.80. The molecule has 110 valence electrons. The van der Waals surface area contributed by atoms with E-state index in [9.17, 15) is 18.0 Å². The number of hydrogen-bond acceptors (Lipinski definition) is 2. The Hall–Kier alpha value is -1.77. The molecule has 21 heavy (non-hydrogen) atoms. The van der Waals surface area contributed by atoms with Crippen LogP contribution in [0.15, 0.2) is 42.5 Å². The van der Waals surface area contributed by atoms with Crippen LogP contribution in [0, 0.1) is 3.57 Å². The lowest BCUT2D eigenvalue weighted by Crippen LogP contribution is -2.18. The zero-order chi connectivity index (χ0) is 15.6. The highest BCUT2D eigenvalue weighted by atomic mass is 127. The van der Waals surface area contributed by atoms with E-state index in [1.807, 2.05) is 6.07 Å². The summed E-state index contributed by atoms with van der Waals surface area (Å²) in [5, 5.41) is 0. The molecule has 0 bridgehead atoms. The summed E-state index contributed by atoms with van der Waals surface area (Å²) < 4.78 is 45.0. The number of hydrogen-bond donors (Lipinski definition) is 1. The maximum Gasteiger partial charge on any atom is 0.417 e. The molecule has 0 saturated carbocycles. The van der Waals surface area contributed by atoms with Crippen LogP contribution in [0.5, 0.6) is 11.5 Å². The fourth-order valence-electron chi connectivity index (χ4n) is 1.70. The molecule has 0 aliphatic heterocycles. The number of benzene rings is 2. The molecule has 0 aromatic heterocycles. The van der Waals surface area contributed by atoms with Crippen molar-refractivity contribution in [2.45, 2.75) is 6.18 Å². The predicted octanol–water partition coefficient (Wildman–Crippen LogP) is 4.20. The van der Waals surface area contributed by atoms with Crippen LogP contribution in [0.25, 0.3) is 0 Å². The molecule has 2 N–H and O–H groups in total. The summed E-state index contributed by atoms with van der Waals surface area (Å²) in [5.41, 5.74) is 3.25. The van der Waals surface area contributed by atoms with Gasteiger partial charge in [-0.05, 0) is 59.0 Å². The van der Waals surface area contributed by atoms with Crippen molar-refractivity contribution in [1.29, 1.82) is 0 Å². The second-order valence-corrected chi connectivity index (χ2v) is 5.37. The van der Waals surface area contributed by atoms with Gasteiger partial charge in [0.15, 0.2) is 0 Å². The third kappa shape index (κ3) is 3.87. The van der Waals surface area contributed by atoms with Crippen LogP contribution in [0.2, 0.25) is 0 Å². The van der Waals surface area contributed by atoms with E-state index in [1.165, 1.54) is 6.07 Å². The maximum atomic E-state index is 12.9. The molecule has 0 fully saturated rings. The van der Waals surface area contributed by atoms with E-state index in [2.05, 4.69) is 22.6 Å². The molecular weight excluding hydrogens is 398 g/mol. The normalized spacial score (nSPS) is 11.2. The summed E-state index contributed by atoms with van der Waals surface area (Å²) >= 11 is 2.06. The number of primary amides is 1. The molecule has 0 spiro atoms. The molecule has 2 aromatic rings. The summed E-state index contributed by atoms with van der Waals surface area (Å²) in [6.07, 6.45) is -4.69. The van der Waals surface area contributed by atoms with Crippen LogP contribution in [0.1, 0.15) is 15.9 Å². The van der Waals surface area contributed by atoms with E-state index in [1.54, 1.807) is 18.2 Å². The van der Waals surface area contributed by atoms with Gasteiger partial charge in [0.1, 0.15) is 11.5 Å². The van der Waals surface area contributed by atoms with Crippen molar-refractivity contribution in [2.24, 2.45) is 5.73 Å². The Morgan fingerprint density at radius 1 is 1.10 bits per heavy atom. The van der Waals surface area contributed by atoms with Crippen LogP contribution >= 0.6 is 22.6 Å². The van der Waals surface area contributed by atoms with Gasteiger partial charge in [0.2, 0.25) is 5.91 Å². The number of ether oxygens (including phenoxy) is 1. The van der Waals surface area contributed by atoms with Crippen LogP contribution in [-0.4, -0.2) is 5.91 Å². The van der Waals surface area contributed by atoms with E-state index in [0.717, 1.165) is 15.7 Å². The third-order valence-corrected chi connectivity index (χ3v) is 3.26. The number of halogens is 4. The van der Waals surface area contributed by atoms with Crippen molar-refractivity contribution < 1.29 is 22.7 Å². The minimum Gasteiger partial charge on any atom is -0.457 e. The first kappa shape index (κ1) is 15.6. The molecule has 3 nitrogen and oxygen atoms in total. The van der Waals surface area contributed by atoms with Gasteiger partial charge in [0.25, 0.3) is 0 Å². The quantitative estimate of drug-likeness (QED) is 0.776. The van der Waals surface area contributed by atoms with Gasteiger partial charge in [0.05, 0.1) is 11.1 Å². The largest absolute Gasteiger partial charge is 0.457 e. The number of rotatable bonds is 3. The highest BCUT2D eigenvalue weighted by Crippen LogP contribution is 2.35. The fourth-order valence-corrected chi connectivity index (χ4v) is 2.22. The van der Waals surface area contributed by atoms with E-state index in [4.69, 9.17) is 10.5 Å². The average molecular weight is 407 g/mol. The van der Waals surface area contributed by atoms with Crippen molar-refractivity contribution in [3.63, 3.8) is 0 Å². The molecule has 2 aromatic carbocycles. The molecule has 0 atom stereocenters. The van der Waals surface area contributed by atoms with Gasteiger partial charge in [-0.15, -0.1) is 0 Å². The molecule has 0 heterocycles. The fraction of sp³-hybridized carbons (Fsp3) is 0.0714. The Morgan fingerprint density at radius 2 is 1.76 bits per heavy atom. The molecule has 0 radical (unpaired) electrons. The zero-order valence-electron chi connectivity index (χ0n) is 10.4. The van der Waals surface area contributed by atoms with Gasteiger partial charge < -0.3 is 10.5 Å². The minimum absolute atomic E-state index is 0.0191. The molecule has 0 unspecified atom stereocenters. The second-order valence-electron chi connectivity index (χ2n) is 4.13. The number of amides is 1. The third-order valence-electron chi connectivity index (χ3n) is 2.59. The van der Waals surface area contributed by atoms with Gasteiger partial charge in [0, 0.05) is 3.57 Å². The second kappa shape index (κ2) is 5.92. The van der Waals surface area contributed by atoms with E-state index >= 15 is 0 Å². The van der Waals surface area contributed by atoms with Gasteiger partial charge in [-0.3, -0.25) is 4.79 Å². The number of alkyl halides is 3. The van der Waals surface area contributed by atoms with Crippen molar-refractivity contribution in [3.8, 4) is 11.5 Å². The predicted molar refractivity (Wildman–Crippen MR) is 79.2 cm³/mol. The molecule has 0 saturated heterocycles. The Bertz CT molecular complexity index is 686. The van der Waals surface area contributed by atoms with E-state index < -0.39 is 23.2 Å². The maximum absolute atomic E-state index is 12.9. The van der Waals surface area contributed by atoms with Crippen molar-refractivity contribution >= 4 is 28.5 Å². The monoisotopic (exact) mass is 407 g/mol. The Balaban J connectivity index is 2.40. The first-order valence-electron chi connectivity index (χ1n) is 5.72. The molecule has 0 aliphatic carbocycles. The lowest BCUT2D eigenvalue weighted by atomic mass is 10.1. The standard InChI is InChI=1S/C14H9F3INO2/c15-14(16,17)12-7-10(4-5-11(12)13(19)20)21-9-3-1-2-8(18)6-9/h1-7H,(H2,19,20). The van der Waals surface area contributed by atoms with Crippen molar-refractivity contribution in [2.75, 3.05) is 0 Å². The summed E-state index contributed by atoms with van der Waals surface area (Å²) in [6, 6.07) is 9.89. The highest BCUT2D eigenvalue weighted by molar-refractivity contribution is 14.1. The van der Waals surface area contributed by atoms with Crippen LogP contribution in [0.3, 0.4) is 0 Å². The van der Waals surface area contributed by atoms with Gasteiger partial charge >= 0.3 is 6.18 Å². The summed E-state index contributed by atoms with van der Waals surface area (Å²) in [6.45, 7) is 0. The van der Waals surface area contributed by atoms with Crippen molar-refractivity contribution in [1.82, 2.24) is 0 Å². The van der Waals surface area contributed by atoms with Crippen molar-refractivity contribution in [3.05, 3.63) is 57.2 Å². The lowest BCUT2D eigenvalue weighted by Gasteiger charge is -2.13. The zero-order valence-corrected chi connectivity index (χ0v) is 12.6. The first-order chi connectivity index (χ1) is 9.77. The Kier molecular flexibility index (Phi) is 4.40. The summed E-state index contributed by atoms with van der Waals surface area (Å²) in [7, 11) is 0. The van der Waals surface area contributed by atoms with Gasteiger partial charge in [-0.25, -0.2) is 0 Å². The average Bonchev–Trinajstić information content (AvgIpc) is 2.37. The number of carbonyl (C=O) groups is 1. The number of nitrogens with two attached hydrogens (primary N) is 1. The van der Waals surface area contributed by atoms with E-state index in [0.29, 0.717) is 5.75 Å². The Labute approximate surface area is 132 Å². The van der Waals surface area contributed by atoms with Crippen LogP contribution < -0.4 is 10.5 Å². The topological polar surface area (TPSA) is 52.3 Å². The molecule has 7 heteroatoms.